The molecule has 0 aromatic carbocycles. The van der Waals surface area contributed by atoms with Gasteiger partial charge in [0.15, 0.2) is 0 Å². The van der Waals surface area contributed by atoms with E-state index < -0.39 is 5.63 Å². The summed E-state index contributed by atoms with van der Waals surface area (Å²) in [6.07, 6.45) is 0. The van der Waals surface area contributed by atoms with Crippen molar-refractivity contribution in [3.05, 3.63) is 27.8 Å². The summed E-state index contributed by atoms with van der Waals surface area (Å²) in [5.74, 6) is 0.680. The molecular formula is C9H12O3. The van der Waals surface area contributed by atoms with Crippen LogP contribution >= 0.6 is 0 Å². The zero-order valence-electron chi connectivity index (χ0n) is 7.42. The van der Waals surface area contributed by atoms with Crippen LogP contribution in [0.4, 0.5) is 0 Å². The van der Waals surface area contributed by atoms with Crippen molar-refractivity contribution >= 4 is 0 Å². The third kappa shape index (κ3) is 1.49. The number of rotatable bonds is 1. The molecule has 0 unspecified atom stereocenters. The first-order chi connectivity index (χ1) is 5.52. The van der Waals surface area contributed by atoms with Crippen molar-refractivity contribution in [3.63, 3.8) is 0 Å². The zero-order valence-corrected chi connectivity index (χ0v) is 7.42. The Labute approximate surface area is 70.7 Å². The Kier molecular flexibility index (Phi) is 2.22. The van der Waals surface area contributed by atoms with Crippen molar-refractivity contribution in [3.8, 4) is 5.75 Å². The smallest absolute Gasteiger partial charge is 0.339 e. The fourth-order valence-corrected chi connectivity index (χ4v) is 1.11. The molecule has 3 nitrogen and oxygen atoms in total. The molecule has 1 heterocycles. The predicted octanol–water partition coefficient (Wildman–Crippen LogP) is 1.78. The first kappa shape index (κ1) is 8.84. The first-order valence-corrected chi connectivity index (χ1v) is 3.86. The van der Waals surface area contributed by atoms with Gasteiger partial charge in [-0.1, -0.05) is 13.8 Å². The third-order valence-corrected chi connectivity index (χ3v) is 1.74. The van der Waals surface area contributed by atoms with E-state index in [4.69, 9.17) is 4.42 Å². The molecule has 0 spiro atoms. The molecule has 0 atom stereocenters. The Balaban J connectivity index is 3.38. The molecular weight excluding hydrogens is 156 g/mol. The highest BCUT2D eigenvalue weighted by Crippen LogP contribution is 2.23. The lowest BCUT2D eigenvalue weighted by atomic mass is 10.1. The molecule has 0 bridgehead atoms. The Morgan fingerprint density at radius 1 is 1.50 bits per heavy atom. The molecule has 1 N–H and O–H groups in total. The van der Waals surface area contributed by atoms with Gasteiger partial charge in [-0.2, -0.15) is 0 Å². The summed E-state index contributed by atoms with van der Waals surface area (Å²) in [5.41, 5.74) is 0.145. The van der Waals surface area contributed by atoms with Crippen LogP contribution in [0.25, 0.3) is 0 Å². The van der Waals surface area contributed by atoms with Gasteiger partial charge in [-0.15, -0.1) is 0 Å². The van der Waals surface area contributed by atoms with Gasteiger partial charge in [0.25, 0.3) is 0 Å². The van der Waals surface area contributed by atoms with Gasteiger partial charge in [0.2, 0.25) is 0 Å². The highest BCUT2D eigenvalue weighted by atomic mass is 16.4. The van der Waals surface area contributed by atoms with E-state index in [0.717, 1.165) is 6.07 Å². The van der Waals surface area contributed by atoms with E-state index >= 15 is 0 Å². The summed E-state index contributed by atoms with van der Waals surface area (Å²) < 4.78 is 4.93. The van der Waals surface area contributed by atoms with Crippen LogP contribution in [0, 0.1) is 6.92 Å². The third-order valence-electron chi connectivity index (χ3n) is 1.74. The molecule has 0 saturated heterocycles. The zero-order chi connectivity index (χ0) is 9.30. The van der Waals surface area contributed by atoms with Crippen LogP contribution in [0.1, 0.15) is 31.1 Å². The summed E-state index contributed by atoms with van der Waals surface area (Å²) in [4.78, 5) is 10.8. The summed E-state index contributed by atoms with van der Waals surface area (Å²) in [5, 5.41) is 9.27. The fraction of sp³-hybridized carbons (Fsp3) is 0.444. The number of hydrogen-bond donors (Lipinski definition) is 1. The molecule has 0 amide bonds. The highest BCUT2D eigenvalue weighted by molar-refractivity contribution is 5.32. The van der Waals surface area contributed by atoms with E-state index in [0.29, 0.717) is 11.3 Å². The van der Waals surface area contributed by atoms with Crippen molar-refractivity contribution in [2.45, 2.75) is 26.7 Å². The van der Waals surface area contributed by atoms with Crippen LogP contribution in [-0.4, -0.2) is 5.11 Å². The molecule has 1 rings (SSSR count). The van der Waals surface area contributed by atoms with E-state index in [2.05, 4.69) is 0 Å². The van der Waals surface area contributed by atoms with Gasteiger partial charge in [0.05, 0.1) is 6.07 Å². The maximum absolute atomic E-state index is 10.8. The molecule has 66 valence electrons. The van der Waals surface area contributed by atoms with Crippen molar-refractivity contribution in [1.82, 2.24) is 0 Å². The van der Waals surface area contributed by atoms with E-state index in [9.17, 15) is 9.90 Å². The fourth-order valence-electron chi connectivity index (χ4n) is 1.11. The minimum atomic E-state index is -0.498. The van der Waals surface area contributed by atoms with Gasteiger partial charge in [-0.25, -0.2) is 4.79 Å². The topological polar surface area (TPSA) is 50.4 Å². The quantitative estimate of drug-likeness (QED) is 0.695. The van der Waals surface area contributed by atoms with Crippen molar-refractivity contribution in [1.29, 1.82) is 0 Å². The lowest BCUT2D eigenvalue weighted by Crippen LogP contribution is -2.03. The molecule has 3 heteroatoms. The molecule has 0 aliphatic rings. The van der Waals surface area contributed by atoms with Gasteiger partial charge in [0.1, 0.15) is 11.5 Å². The van der Waals surface area contributed by atoms with E-state index in [1.54, 1.807) is 6.92 Å². The number of hydrogen-bond acceptors (Lipinski definition) is 3. The lowest BCUT2D eigenvalue weighted by molar-refractivity contribution is 0.405. The Morgan fingerprint density at radius 3 is 2.58 bits per heavy atom. The Hall–Kier alpha value is -1.25. The standard InChI is InChI=1S/C9H12O3/c1-5(2)9-6(3)7(10)4-8(11)12-9/h4-5,10H,1-3H3. The molecule has 1 aromatic heterocycles. The van der Waals surface area contributed by atoms with Crippen LogP contribution in [0.15, 0.2) is 15.3 Å². The molecule has 0 saturated carbocycles. The monoisotopic (exact) mass is 168 g/mol. The van der Waals surface area contributed by atoms with Gasteiger partial charge in [-0.3, -0.25) is 0 Å². The summed E-state index contributed by atoms with van der Waals surface area (Å²) >= 11 is 0. The highest BCUT2D eigenvalue weighted by Gasteiger charge is 2.10. The van der Waals surface area contributed by atoms with E-state index in [1.807, 2.05) is 13.8 Å². The van der Waals surface area contributed by atoms with Gasteiger partial charge in [-0.05, 0) is 6.92 Å². The first-order valence-electron chi connectivity index (χ1n) is 3.86. The molecule has 0 aliphatic heterocycles. The van der Waals surface area contributed by atoms with Crippen molar-refractivity contribution in [2.75, 3.05) is 0 Å². The SMILES string of the molecule is Cc1c(O)cc(=O)oc1C(C)C. The molecule has 0 aliphatic carbocycles. The van der Waals surface area contributed by atoms with Crippen LogP contribution < -0.4 is 5.63 Å². The second kappa shape index (κ2) is 3.01. The maximum atomic E-state index is 10.8. The van der Waals surface area contributed by atoms with E-state index in [-0.39, 0.29) is 11.7 Å². The maximum Gasteiger partial charge on any atom is 0.339 e. The second-order valence-corrected chi connectivity index (χ2v) is 3.09. The molecule has 0 fully saturated rings. The normalized spacial score (nSPS) is 10.7. The van der Waals surface area contributed by atoms with Crippen molar-refractivity contribution in [2.24, 2.45) is 0 Å². The predicted molar refractivity (Wildman–Crippen MR) is 45.5 cm³/mol. The summed E-state index contributed by atoms with van der Waals surface area (Å²) in [7, 11) is 0. The Bertz CT molecular complexity index is 336. The Morgan fingerprint density at radius 2 is 2.08 bits per heavy atom. The van der Waals surface area contributed by atoms with Crippen LogP contribution in [-0.2, 0) is 0 Å². The average Bonchev–Trinajstić information content (AvgIpc) is 1.96. The van der Waals surface area contributed by atoms with E-state index in [1.165, 1.54) is 0 Å². The second-order valence-electron chi connectivity index (χ2n) is 3.09. The van der Waals surface area contributed by atoms with Crippen LogP contribution in [0.3, 0.4) is 0 Å². The minimum absolute atomic E-state index is 0.00921. The largest absolute Gasteiger partial charge is 0.507 e. The lowest BCUT2D eigenvalue weighted by Gasteiger charge is -2.07. The molecule has 12 heavy (non-hydrogen) atoms. The summed E-state index contributed by atoms with van der Waals surface area (Å²) in [6.45, 7) is 5.54. The minimum Gasteiger partial charge on any atom is -0.507 e. The summed E-state index contributed by atoms with van der Waals surface area (Å²) in [6, 6.07) is 1.08. The average molecular weight is 168 g/mol. The van der Waals surface area contributed by atoms with Gasteiger partial charge >= 0.3 is 5.63 Å². The van der Waals surface area contributed by atoms with Crippen LogP contribution in [0.5, 0.6) is 5.75 Å². The van der Waals surface area contributed by atoms with Gasteiger partial charge < -0.3 is 9.52 Å². The van der Waals surface area contributed by atoms with Crippen molar-refractivity contribution < 1.29 is 9.52 Å². The van der Waals surface area contributed by atoms with Gasteiger partial charge in [0, 0.05) is 11.5 Å². The molecule has 0 radical (unpaired) electrons. The number of aromatic hydroxyl groups is 1. The van der Waals surface area contributed by atoms with Crippen LogP contribution in [0.2, 0.25) is 0 Å². The molecule has 1 aromatic rings.